The molecular weight excluding hydrogens is 164 g/mol. The summed E-state index contributed by atoms with van der Waals surface area (Å²) in [4.78, 5) is 11.2. The molecule has 0 N–H and O–H groups in total. The van der Waals surface area contributed by atoms with Gasteiger partial charge in [0.15, 0.2) is 0 Å². The fourth-order valence-corrected chi connectivity index (χ4v) is 0.896. The highest BCUT2D eigenvalue weighted by molar-refractivity contribution is 5.02. The minimum Gasteiger partial charge on any atom is -0.268 e. The van der Waals surface area contributed by atoms with Gasteiger partial charge in [0.05, 0.1) is 12.2 Å². The van der Waals surface area contributed by atoms with E-state index in [9.17, 15) is 4.79 Å². The van der Waals surface area contributed by atoms with Gasteiger partial charge in [0.2, 0.25) is 0 Å². The van der Waals surface area contributed by atoms with Crippen LogP contribution in [-0.2, 0) is 0 Å². The van der Waals surface area contributed by atoms with E-state index < -0.39 is 0 Å². The Bertz CT molecular complexity index is 302. The molecule has 0 saturated carbocycles. The molecule has 1 aromatic heterocycles. The van der Waals surface area contributed by atoms with Crippen LogP contribution in [0.15, 0.2) is 17.1 Å². The van der Waals surface area contributed by atoms with Crippen molar-refractivity contribution in [3.8, 4) is 0 Å². The van der Waals surface area contributed by atoms with Gasteiger partial charge in [-0.05, 0) is 26.3 Å². The monoisotopic (exact) mass is 182 g/mol. The predicted molar refractivity (Wildman–Crippen MR) is 55.0 cm³/mol. The Balaban J connectivity index is 0.000000671. The largest absolute Gasteiger partial charge is 0.268 e. The van der Waals surface area contributed by atoms with Crippen LogP contribution >= 0.6 is 0 Å². The number of aromatic nitrogens is 2. The summed E-state index contributed by atoms with van der Waals surface area (Å²) in [6, 6.07) is 1.73. The van der Waals surface area contributed by atoms with Crippen LogP contribution in [0.5, 0.6) is 0 Å². The zero-order valence-electron chi connectivity index (χ0n) is 9.03. The van der Waals surface area contributed by atoms with Crippen molar-refractivity contribution in [1.82, 2.24) is 9.78 Å². The van der Waals surface area contributed by atoms with E-state index in [1.807, 2.05) is 34.6 Å². The molecule has 0 aliphatic rings. The molecule has 3 nitrogen and oxygen atoms in total. The summed E-state index contributed by atoms with van der Waals surface area (Å²) in [7, 11) is 0. The summed E-state index contributed by atoms with van der Waals surface area (Å²) >= 11 is 0. The average molecular weight is 182 g/mol. The lowest BCUT2D eigenvalue weighted by molar-refractivity contribution is 0.501. The molecule has 0 fully saturated rings. The third-order valence-electron chi connectivity index (χ3n) is 1.45. The fraction of sp³-hybridized carbons (Fsp3) is 0.600. The maximum atomic E-state index is 11.2. The predicted octanol–water partition coefficient (Wildman–Crippen LogP) is 2.16. The summed E-state index contributed by atoms with van der Waals surface area (Å²) in [6.45, 7) is 9.73. The minimum absolute atomic E-state index is 0.0278. The third-order valence-corrected chi connectivity index (χ3v) is 1.45. The number of nitrogens with zero attached hydrogens (tertiary/aromatic N) is 2. The first kappa shape index (κ1) is 11.9. The van der Waals surface area contributed by atoms with Gasteiger partial charge in [-0.2, -0.15) is 5.10 Å². The van der Waals surface area contributed by atoms with Gasteiger partial charge in [-0.15, -0.1) is 0 Å². The van der Waals surface area contributed by atoms with Gasteiger partial charge >= 0.3 is 0 Å². The molecule has 0 atom stereocenters. The molecule has 74 valence electrons. The summed E-state index contributed by atoms with van der Waals surface area (Å²) in [5, 5.41) is 3.98. The lowest BCUT2D eigenvalue weighted by Gasteiger charge is -2.06. The average Bonchev–Trinajstić information content (AvgIpc) is 2.07. The second kappa shape index (κ2) is 5.51. The zero-order chi connectivity index (χ0) is 10.4. The van der Waals surface area contributed by atoms with Gasteiger partial charge in [0.1, 0.15) is 0 Å². The molecule has 1 rings (SSSR count). The molecule has 1 heterocycles. The zero-order valence-corrected chi connectivity index (χ0v) is 9.03. The van der Waals surface area contributed by atoms with Crippen molar-refractivity contribution < 1.29 is 0 Å². The normalized spacial score (nSPS) is 9.38. The molecule has 0 aromatic carbocycles. The first-order valence-electron chi connectivity index (χ1n) is 4.66. The van der Waals surface area contributed by atoms with Crippen molar-refractivity contribution in [2.45, 2.75) is 40.7 Å². The minimum atomic E-state index is -0.0278. The molecule has 0 saturated heterocycles. The highest BCUT2D eigenvalue weighted by Gasteiger charge is 1.99. The summed E-state index contributed by atoms with van der Waals surface area (Å²) in [5.74, 6) is 0. The Morgan fingerprint density at radius 2 is 1.92 bits per heavy atom. The first-order valence-corrected chi connectivity index (χ1v) is 4.66. The number of hydrogen-bond acceptors (Lipinski definition) is 2. The molecule has 3 heteroatoms. The molecule has 0 spiro atoms. The van der Waals surface area contributed by atoms with E-state index in [-0.39, 0.29) is 11.6 Å². The molecule has 0 amide bonds. The molecule has 0 radical (unpaired) electrons. The smallest absolute Gasteiger partial charge is 0.267 e. The van der Waals surface area contributed by atoms with E-state index >= 15 is 0 Å². The Labute approximate surface area is 79.4 Å². The van der Waals surface area contributed by atoms with E-state index in [4.69, 9.17) is 0 Å². The van der Waals surface area contributed by atoms with Gasteiger partial charge < -0.3 is 0 Å². The standard InChI is InChI=1S/C8H12N2O.C2H6/c1-6(2)10-8(11)4-7(3)5-9-10;1-2/h4-6H,1-3H3;1-2H3. The van der Waals surface area contributed by atoms with Crippen molar-refractivity contribution in [1.29, 1.82) is 0 Å². The second-order valence-corrected chi connectivity index (χ2v) is 2.91. The van der Waals surface area contributed by atoms with Crippen molar-refractivity contribution in [2.75, 3.05) is 0 Å². The van der Waals surface area contributed by atoms with Crippen molar-refractivity contribution in [3.63, 3.8) is 0 Å². The van der Waals surface area contributed by atoms with Gasteiger partial charge in [0, 0.05) is 6.07 Å². The van der Waals surface area contributed by atoms with Crippen LogP contribution in [0.4, 0.5) is 0 Å². The van der Waals surface area contributed by atoms with Crippen molar-refractivity contribution in [2.24, 2.45) is 0 Å². The highest BCUT2D eigenvalue weighted by Crippen LogP contribution is 1.96. The van der Waals surface area contributed by atoms with E-state index in [1.165, 1.54) is 4.68 Å². The lowest BCUT2D eigenvalue weighted by Crippen LogP contribution is -2.23. The molecule has 1 aromatic rings. The van der Waals surface area contributed by atoms with Crippen LogP contribution in [0, 0.1) is 6.92 Å². The van der Waals surface area contributed by atoms with E-state index in [1.54, 1.807) is 12.3 Å². The number of hydrogen-bond donors (Lipinski definition) is 0. The SMILES string of the molecule is CC.Cc1cnn(C(C)C)c(=O)c1. The van der Waals surface area contributed by atoms with Gasteiger partial charge in [-0.3, -0.25) is 4.79 Å². The summed E-state index contributed by atoms with van der Waals surface area (Å²) in [5.41, 5.74) is 0.881. The quantitative estimate of drug-likeness (QED) is 0.667. The lowest BCUT2D eigenvalue weighted by atomic mass is 10.3. The van der Waals surface area contributed by atoms with Crippen molar-refractivity contribution in [3.05, 3.63) is 28.2 Å². The second-order valence-electron chi connectivity index (χ2n) is 2.91. The van der Waals surface area contributed by atoms with Crippen LogP contribution in [0.3, 0.4) is 0 Å². The molecule has 0 unspecified atom stereocenters. The van der Waals surface area contributed by atoms with E-state index in [0.717, 1.165) is 5.56 Å². The van der Waals surface area contributed by atoms with Gasteiger partial charge in [0.25, 0.3) is 5.56 Å². The number of aryl methyl sites for hydroxylation is 1. The molecular formula is C10H18N2O. The van der Waals surface area contributed by atoms with Crippen LogP contribution in [-0.4, -0.2) is 9.78 Å². The van der Waals surface area contributed by atoms with Crippen LogP contribution in [0.1, 0.15) is 39.3 Å². The van der Waals surface area contributed by atoms with Gasteiger partial charge in [-0.25, -0.2) is 4.68 Å². The molecule has 0 bridgehead atoms. The van der Waals surface area contributed by atoms with Crippen LogP contribution in [0.2, 0.25) is 0 Å². The number of rotatable bonds is 1. The Morgan fingerprint density at radius 3 is 2.31 bits per heavy atom. The fourth-order valence-electron chi connectivity index (χ4n) is 0.896. The Morgan fingerprint density at radius 1 is 1.38 bits per heavy atom. The first-order chi connectivity index (χ1) is 6.11. The van der Waals surface area contributed by atoms with E-state index in [0.29, 0.717) is 0 Å². The maximum absolute atomic E-state index is 11.2. The third kappa shape index (κ3) is 3.40. The molecule has 13 heavy (non-hydrogen) atoms. The summed E-state index contributed by atoms with van der Waals surface area (Å²) in [6.07, 6.45) is 1.70. The maximum Gasteiger partial charge on any atom is 0.267 e. The topological polar surface area (TPSA) is 34.9 Å². The van der Waals surface area contributed by atoms with Crippen LogP contribution < -0.4 is 5.56 Å². The molecule has 0 aliphatic carbocycles. The van der Waals surface area contributed by atoms with Gasteiger partial charge in [-0.1, -0.05) is 13.8 Å². The Kier molecular flexibility index (Phi) is 5.04. The van der Waals surface area contributed by atoms with Crippen LogP contribution in [0.25, 0.3) is 0 Å². The van der Waals surface area contributed by atoms with E-state index in [2.05, 4.69) is 5.10 Å². The van der Waals surface area contributed by atoms with Crippen molar-refractivity contribution >= 4 is 0 Å². The molecule has 0 aliphatic heterocycles. The Hall–Kier alpha value is -1.12. The summed E-state index contributed by atoms with van der Waals surface area (Å²) < 4.78 is 1.47. The highest BCUT2D eigenvalue weighted by atomic mass is 16.1.